The second kappa shape index (κ2) is 10.3. The van der Waals surface area contributed by atoms with E-state index < -0.39 is 6.10 Å². The van der Waals surface area contributed by atoms with Gasteiger partial charge in [-0.2, -0.15) is 5.26 Å². The minimum absolute atomic E-state index is 0. The number of aliphatic hydroxyl groups excluding tert-OH is 1. The van der Waals surface area contributed by atoms with Crippen molar-refractivity contribution in [3.8, 4) is 11.8 Å². The second-order valence-electron chi connectivity index (χ2n) is 7.70. The van der Waals surface area contributed by atoms with Crippen molar-refractivity contribution in [3.63, 3.8) is 0 Å². The summed E-state index contributed by atoms with van der Waals surface area (Å²) < 4.78 is 5.61. The number of nitrogens with one attached hydrogen (secondary N) is 1. The molecular formula is C24H27ClN2O2. The first-order chi connectivity index (χ1) is 13.5. The van der Waals surface area contributed by atoms with Crippen molar-refractivity contribution in [2.75, 3.05) is 13.2 Å². The van der Waals surface area contributed by atoms with Crippen molar-refractivity contribution in [1.82, 2.24) is 5.32 Å². The number of rotatable bonds is 8. The monoisotopic (exact) mass is 410 g/mol. The third-order valence-electron chi connectivity index (χ3n) is 4.71. The van der Waals surface area contributed by atoms with Gasteiger partial charge in [-0.3, -0.25) is 0 Å². The van der Waals surface area contributed by atoms with Crippen LogP contribution in [-0.2, 0) is 6.42 Å². The lowest BCUT2D eigenvalue weighted by molar-refractivity contribution is 0.0987. The highest BCUT2D eigenvalue weighted by molar-refractivity contribution is 5.85. The Kier molecular flexibility index (Phi) is 8.04. The van der Waals surface area contributed by atoms with Crippen LogP contribution in [0.15, 0.2) is 66.7 Å². The summed E-state index contributed by atoms with van der Waals surface area (Å²) in [5.74, 6) is 0.500. The van der Waals surface area contributed by atoms with E-state index in [1.165, 1.54) is 16.3 Å². The molecule has 3 aromatic carbocycles. The fourth-order valence-electron chi connectivity index (χ4n) is 3.25. The standard InChI is InChI=1S/C24H26N2O2.ClH/c1-24(2,14-18-11-12-19-7-3-4-8-20(19)13-18)26-16-22(27)17-28-23-10-6-5-9-21(23)15-25;/h3-13,22,26-27H,14,16-17H2,1-2H3;1H/t22-;/m1./s1. The molecule has 152 valence electrons. The Hall–Kier alpha value is -2.58. The average molecular weight is 411 g/mol. The quantitative estimate of drug-likeness (QED) is 0.574. The van der Waals surface area contributed by atoms with E-state index in [2.05, 4.69) is 61.6 Å². The van der Waals surface area contributed by atoms with Crippen LogP contribution in [-0.4, -0.2) is 29.9 Å². The highest BCUT2D eigenvalue weighted by Gasteiger charge is 2.20. The van der Waals surface area contributed by atoms with E-state index in [9.17, 15) is 5.11 Å². The number of halogens is 1. The van der Waals surface area contributed by atoms with Gasteiger partial charge in [0, 0.05) is 12.1 Å². The molecule has 0 heterocycles. The number of β-amino-alcohol motifs (C(OH)–C–C–N with tert-alkyl or cyclic N) is 1. The van der Waals surface area contributed by atoms with Gasteiger partial charge in [0.1, 0.15) is 24.5 Å². The zero-order chi connectivity index (χ0) is 20.0. The highest BCUT2D eigenvalue weighted by Crippen LogP contribution is 2.20. The maximum absolute atomic E-state index is 10.3. The first-order valence-electron chi connectivity index (χ1n) is 9.49. The van der Waals surface area contributed by atoms with Crippen molar-refractivity contribution >= 4 is 23.2 Å². The molecule has 3 aromatic rings. The van der Waals surface area contributed by atoms with Gasteiger partial charge in [-0.25, -0.2) is 0 Å². The SMILES string of the molecule is CC(C)(Cc1ccc2ccccc2c1)NC[C@@H](O)COc1ccccc1C#N.Cl. The van der Waals surface area contributed by atoms with Gasteiger partial charge in [-0.15, -0.1) is 12.4 Å². The topological polar surface area (TPSA) is 65.3 Å². The molecule has 2 N–H and O–H groups in total. The predicted octanol–water partition coefficient (Wildman–Crippen LogP) is 4.48. The normalized spacial score (nSPS) is 12.1. The van der Waals surface area contributed by atoms with E-state index >= 15 is 0 Å². The molecule has 0 fully saturated rings. The van der Waals surface area contributed by atoms with Crippen LogP contribution in [0.3, 0.4) is 0 Å². The molecule has 0 aromatic heterocycles. The summed E-state index contributed by atoms with van der Waals surface area (Å²) >= 11 is 0. The Morgan fingerprint density at radius 3 is 2.48 bits per heavy atom. The zero-order valence-electron chi connectivity index (χ0n) is 16.8. The van der Waals surface area contributed by atoms with Crippen molar-refractivity contribution in [2.45, 2.75) is 31.9 Å². The number of fused-ring (bicyclic) bond motifs is 1. The van der Waals surface area contributed by atoms with Crippen LogP contribution in [0.2, 0.25) is 0 Å². The Bertz CT molecular complexity index is 982. The summed E-state index contributed by atoms with van der Waals surface area (Å²) in [5.41, 5.74) is 1.55. The number of hydrogen-bond donors (Lipinski definition) is 2. The van der Waals surface area contributed by atoms with Gasteiger partial charge < -0.3 is 15.2 Å². The predicted molar refractivity (Wildman–Crippen MR) is 120 cm³/mol. The molecule has 0 bridgehead atoms. The van der Waals surface area contributed by atoms with Crippen molar-refractivity contribution in [2.24, 2.45) is 0 Å². The summed E-state index contributed by atoms with van der Waals surface area (Å²) in [4.78, 5) is 0. The van der Waals surface area contributed by atoms with Gasteiger partial charge in [-0.1, -0.05) is 54.6 Å². The third-order valence-corrected chi connectivity index (χ3v) is 4.71. The molecule has 0 saturated heterocycles. The van der Waals surface area contributed by atoms with E-state index in [0.717, 1.165) is 6.42 Å². The fourth-order valence-corrected chi connectivity index (χ4v) is 3.25. The molecule has 0 amide bonds. The van der Waals surface area contributed by atoms with Crippen LogP contribution in [0.5, 0.6) is 5.75 Å². The number of hydrogen-bond acceptors (Lipinski definition) is 4. The van der Waals surface area contributed by atoms with Crippen molar-refractivity contribution in [3.05, 3.63) is 77.9 Å². The minimum atomic E-state index is -0.664. The van der Waals surface area contributed by atoms with E-state index in [-0.39, 0.29) is 24.6 Å². The van der Waals surface area contributed by atoms with Crippen molar-refractivity contribution < 1.29 is 9.84 Å². The molecule has 0 aliphatic heterocycles. The highest BCUT2D eigenvalue weighted by atomic mass is 35.5. The Morgan fingerprint density at radius 1 is 1.03 bits per heavy atom. The first kappa shape index (κ1) is 22.7. The molecule has 0 aliphatic rings. The lowest BCUT2D eigenvalue weighted by Gasteiger charge is -2.28. The van der Waals surface area contributed by atoms with Crippen LogP contribution in [0.1, 0.15) is 25.0 Å². The van der Waals surface area contributed by atoms with Crippen LogP contribution < -0.4 is 10.1 Å². The molecule has 3 rings (SSSR count). The van der Waals surface area contributed by atoms with Gasteiger partial charge in [0.05, 0.1) is 5.56 Å². The molecule has 0 radical (unpaired) electrons. The third kappa shape index (κ3) is 6.47. The van der Waals surface area contributed by atoms with E-state index in [1.807, 2.05) is 12.1 Å². The lowest BCUT2D eigenvalue weighted by atomic mass is 9.93. The number of aliphatic hydroxyl groups is 1. The van der Waals surface area contributed by atoms with Crippen LogP contribution in [0.25, 0.3) is 10.8 Å². The number of nitriles is 1. The number of para-hydroxylation sites is 1. The summed E-state index contributed by atoms with van der Waals surface area (Å²) in [7, 11) is 0. The molecule has 5 heteroatoms. The average Bonchev–Trinajstić information content (AvgIpc) is 2.70. The summed E-state index contributed by atoms with van der Waals surface area (Å²) in [5, 5.41) is 25.3. The van der Waals surface area contributed by atoms with Crippen LogP contribution in [0, 0.1) is 11.3 Å². The molecule has 0 saturated carbocycles. The smallest absolute Gasteiger partial charge is 0.137 e. The molecule has 0 aliphatic carbocycles. The Morgan fingerprint density at radius 2 is 1.72 bits per heavy atom. The maximum atomic E-state index is 10.3. The maximum Gasteiger partial charge on any atom is 0.137 e. The molecule has 29 heavy (non-hydrogen) atoms. The van der Waals surface area contributed by atoms with E-state index in [1.54, 1.807) is 18.2 Å². The van der Waals surface area contributed by atoms with E-state index in [0.29, 0.717) is 17.9 Å². The van der Waals surface area contributed by atoms with Gasteiger partial charge in [0.25, 0.3) is 0 Å². The van der Waals surface area contributed by atoms with Gasteiger partial charge in [-0.05, 0) is 48.7 Å². The zero-order valence-corrected chi connectivity index (χ0v) is 17.6. The first-order valence-corrected chi connectivity index (χ1v) is 9.49. The second-order valence-corrected chi connectivity index (χ2v) is 7.70. The number of benzene rings is 3. The molecular weight excluding hydrogens is 384 g/mol. The summed E-state index contributed by atoms with van der Waals surface area (Å²) in [6.07, 6.45) is 0.186. The van der Waals surface area contributed by atoms with Gasteiger partial charge in [0.2, 0.25) is 0 Å². The Balaban J connectivity index is 0.00000300. The number of ether oxygens (including phenoxy) is 1. The molecule has 4 nitrogen and oxygen atoms in total. The Labute approximate surface area is 178 Å². The lowest BCUT2D eigenvalue weighted by Crippen LogP contribution is -2.46. The minimum Gasteiger partial charge on any atom is -0.489 e. The van der Waals surface area contributed by atoms with Gasteiger partial charge >= 0.3 is 0 Å². The van der Waals surface area contributed by atoms with Crippen LogP contribution in [0.4, 0.5) is 0 Å². The molecule has 1 atom stereocenters. The number of nitrogens with zero attached hydrogens (tertiary/aromatic N) is 1. The molecule has 0 spiro atoms. The van der Waals surface area contributed by atoms with Crippen molar-refractivity contribution in [1.29, 1.82) is 5.26 Å². The molecule has 0 unspecified atom stereocenters. The fraction of sp³-hybridized carbons (Fsp3) is 0.292. The largest absolute Gasteiger partial charge is 0.489 e. The van der Waals surface area contributed by atoms with Crippen LogP contribution >= 0.6 is 12.4 Å². The summed E-state index contributed by atoms with van der Waals surface area (Å²) in [6.45, 7) is 4.80. The van der Waals surface area contributed by atoms with E-state index in [4.69, 9.17) is 10.00 Å². The van der Waals surface area contributed by atoms with Gasteiger partial charge in [0.15, 0.2) is 0 Å². The summed E-state index contributed by atoms with van der Waals surface area (Å²) in [6, 6.07) is 24.0.